The maximum atomic E-state index is 6.68. The number of benzene rings is 6. The zero-order valence-corrected chi connectivity index (χ0v) is 32.1. The van der Waals surface area contributed by atoms with Gasteiger partial charge in [0.25, 0.3) is 0 Å². The van der Waals surface area contributed by atoms with E-state index in [1.807, 2.05) is 83.6 Å². The first-order valence-electron chi connectivity index (χ1n) is 17.4. The van der Waals surface area contributed by atoms with Gasteiger partial charge in [0, 0.05) is 53.7 Å². The molecule has 256 valence electrons. The summed E-state index contributed by atoms with van der Waals surface area (Å²) < 4.78 is 16.2. The van der Waals surface area contributed by atoms with E-state index in [1.165, 1.54) is 51.1 Å². The van der Waals surface area contributed by atoms with E-state index >= 15 is 0 Å². The predicted molar refractivity (Wildman–Crippen MR) is 221 cm³/mol. The largest absolute Gasteiger partial charge is 2.00 e. The minimum atomic E-state index is 0. The number of hydrogen-bond donors (Lipinski definition) is 0. The molecule has 54 heavy (non-hydrogen) atoms. The van der Waals surface area contributed by atoms with Gasteiger partial charge in [0.15, 0.2) is 0 Å². The van der Waals surface area contributed by atoms with Gasteiger partial charge in [0.05, 0.1) is 0 Å². The molecule has 0 spiro atoms. The number of rotatable bonds is 4. The zero-order valence-electron chi connectivity index (χ0n) is 28.2. The molecular formula is C46H24N4OPtS2. The second-order valence-corrected chi connectivity index (χ2v) is 15.3. The van der Waals surface area contributed by atoms with Crippen LogP contribution in [0, 0.1) is 12.1 Å². The summed E-state index contributed by atoms with van der Waals surface area (Å²) in [6.07, 6.45) is 3.67. The summed E-state index contributed by atoms with van der Waals surface area (Å²) in [5, 5.41) is 9.65. The van der Waals surface area contributed by atoms with Crippen LogP contribution in [0.4, 0.5) is 0 Å². The molecule has 12 aromatic rings. The van der Waals surface area contributed by atoms with Gasteiger partial charge in [-0.3, -0.25) is 0 Å². The van der Waals surface area contributed by atoms with E-state index in [1.54, 1.807) is 0 Å². The normalized spacial score (nSPS) is 11.9. The molecule has 0 N–H and O–H groups in total. The van der Waals surface area contributed by atoms with E-state index in [4.69, 9.17) is 14.7 Å². The molecule has 0 bridgehead atoms. The molecule has 0 aliphatic carbocycles. The van der Waals surface area contributed by atoms with Crippen molar-refractivity contribution in [3.63, 3.8) is 0 Å². The van der Waals surface area contributed by atoms with Crippen molar-refractivity contribution in [2.75, 3.05) is 0 Å². The molecule has 0 fully saturated rings. The van der Waals surface area contributed by atoms with Crippen molar-refractivity contribution in [2.45, 2.75) is 0 Å². The minimum absolute atomic E-state index is 0. The van der Waals surface area contributed by atoms with Gasteiger partial charge in [-0.1, -0.05) is 59.6 Å². The van der Waals surface area contributed by atoms with Crippen molar-refractivity contribution in [2.24, 2.45) is 0 Å². The van der Waals surface area contributed by atoms with E-state index in [0.717, 1.165) is 44.5 Å². The summed E-state index contributed by atoms with van der Waals surface area (Å²) in [7, 11) is 0. The standard InChI is InChI=1S/C46H24N4OS2.Pt/c1-3-11-37-31(9-1)45-39(52-37)21-19-33-43(45)29-17-15-27(25-35(29)49(33)41-13-5-7-23-47-41)51-28-16-18-30-36(26-28)50(42-14-6-8-24-48-42)34-20-22-40-46(44(30)34)32-10-2-4-12-38(32)53-40;/h1-24H;/q-2;+2. The van der Waals surface area contributed by atoms with E-state index in [2.05, 4.69) is 106 Å². The van der Waals surface area contributed by atoms with Gasteiger partial charge in [0.2, 0.25) is 0 Å². The summed E-state index contributed by atoms with van der Waals surface area (Å²) >= 11 is 3.66. The Morgan fingerprint density at radius 2 is 0.889 bits per heavy atom. The van der Waals surface area contributed by atoms with E-state index in [9.17, 15) is 0 Å². The monoisotopic (exact) mass is 907 g/mol. The summed E-state index contributed by atoms with van der Waals surface area (Å²) in [5.41, 5.74) is 4.00. The molecule has 12 rings (SSSR count). The number of pyridine rings is 2. The van der Waals surface area contributed by atoms with Gasteiger partial charge < -0.3 is 13.9 Å². The Bertz CT molecular complexity index is 3210. The van der Waals surface area contributed by atoms with Crippen molar-refractivity contribution in [3.05, 3.63) is 158 Å². The molecule has 0 aliphatic rings. The van der Waals surface area contributed by atoms with E-state index < -0.39 is 0 Å². The third-order valence-corrected chi connectivity index (χ3v) is 12.6. The van der Waals surface area contributed by atoms with Crippen molar-refractivity contribution >= 4 is 107 Å². The Labute approximate surface area is 330 Å². The molecule has 6 heterocycles. The summed E-state index contributed by atoms with van der Waals surface area (Å²) in [6.45, 7) is 0. The van der Waals surface area contributed by atoms with Crippen LogP contribution in [0.3, 0.4) is 0 Å². The van der Waals surface area contributed by atoms with Crippen molar-refractivity contribution in [1.29, 1.82) is 0 Å². The molecule has 5 nitrogen and oxygen atoms in total. The fraction of sp³-hybridized carbons (Fsp3) is 0. The quantitative estimate of drug-likeness (QED) is 0.165. The fourth-order valence-corrected chi connectivity index (χ4v) is 10.4. The van der Waals surface area contributed by atoms with Crippen LogP contribution in [0.1, 0.15) is 0 Å². The minimum Gasteiger partial charge on any atom is -0.509 e. The number of hydrogen-bond acceptors (Lipinski definition) is 5. The molecular weight excluding hydrogens is 884 g/mol. The van der Waals surface area contributed by atoms with Crippen LogP contribution in [-0.2, 0) is 21.1 Å². The molecule has 0 radical (unpaired) electrons. The molecule has 0 atom stereocenters. The molecule has 6 aromatic carbocycles. The van der Waals surface area contributed by atoms with Crippen LogP contribution in [-0.4, -0.2) is 19.1 Å². The molecule has 0 saturated heterocycles. The summed E-state index contributed by atoms with van der Waals surface area (Å²) in [5.74, 6) is 2.87. The molecule has 8 heteroatoms. The fourth-order valence-electron chi connectivity index (χ4n) is 8.14. The third-order valence-electron chi connectivity index (χ3n) is 10.3. The van der Waals surface area contributed by atoms with Crippen LogP contribution < -0.4 is 4.74 Å². The number of ether oxygens (including phenoxy) is 1. The van der Waals surface area contributed by atoms with Crippen LogP contribution >= 0.6 is 22.7 Å². The molecule has 0 amide bonds. The Kier molecular flexibility index (Phi) is 7.08. The van der Waals surface area contributed by atoms with Crippen molar-refractivity contribution in [3.8, 4) is 23.1 Å². The molecule has 6 aromatic heterocycles. The zero-order chi connectivity index (χ0) is 34.6. The second-order valence-electron chi connectivity index (χ2n) is 13.2. The molecule has 0 aliphatic heterocycles. The van der Waals surface area contributed by atoms with Gasteiger partial charge in [-0.2, -0.15) is 12.1 Å². The van der Waals surface area contributed by atoms with Crippen LogP contribution in [0.5, 0.6) is 11.5 Å². The van der Waals surface area contributed by atoms with Crippen LogP contribution in [0.25, 0.3) is 95.6 Å². The topological polar surface area (TPSA) is 44.9 Å². The first-order valence-corrected chi connectivity index (χ1v) is 19.0. The molecule has 0 saturated carbocycles. The Morgan fingerprint density at radius 1 is 0.426 bits per heavy atom. The number of nitrogens with zero attached hydrogens (tertiary/aromatic N) is 4. The smallest absolute Gasteiger partial charge is 0.509 e. The average molecular weight is 908 g/mol. The first kappa shape index (κ1) is 31.7. The Hall–Kier alpha value is -5.85. The average Bonchev–Trinajstić information content (AvgIpc) is 3.95. The summed E-state index contributed by atoms with van der Waals surface area (Å²) in [4.78, 5) is 9.57. The third kappa shape index (κ3) is 4.53. The van der Waals surface area contributed by atoms with Gasteiger partial charge in [0.1, 0.15) is 11.6 Å². The number of fused-ring (bicyclic) bond motifs is 14. The van der Waals surface area contributed by atoms with Gasteiger partial charge in [-0.05, 0) is 93.0 Å². The van der Waals surface area contributed by atoms with Crippen molar-refractivity contribution in [1.82, 2.24) is 19.1 Å². The Balaban J connectivity index is 0.00000341. The van der Waals surface area contributed by atoms with E-state index in [0.29, 0.717) is 11.5 Å². The maximum absolute atomic E-state index is 6.68. The maximum Gasteiger partial charge on any atom is 2.00 e. The second kappa shape index (κ2) is 12.1. The van der Waals surface area contributed by atoms with Gasteiger partial charge in [-0.25, -0.2) is 9.97 Å². The predicted octanol–water partition coefficient (Wildman–Crippen LogP) is 12.8. The first-order chi connectivity index (χ1) is 26.3. The Morgan fingerprint density at radius 3 is 1.35 bits per heavy atom. The SMILES string of the molecule is [Pt+2].[c-]1c(Oc2[c-]c3c(cc2)c2c4c(ccc2n3-c2ccccn2)sc2ccccc24)ccc2c3c4c(ccc3n(-c3ccccn3)c12)sc1ccccc14. The summed E-state index contributed by atoms with van der Waals surface area (Å²) in [6, 6.07) is 53.9. The van der Waals surface area contributed by atoms with Crippen molar-refractivity contribution < 1.29 is 25.8 Å². The van der Waals surface area contributed by atoms with Gasteiger partial charge in [-0.15, -0.1) is 57.7 Å². The molecule has 0 unspecified atom stereocenters. The van der Waals surface area contributed by atoms with Crippen LogP contribution in [0.15, 0.2) is 146 Å². The number of aromatic nitrogens is 4. The van der Waals surface area contributed by atoms with Gasteiger partial charge >= 0.3 is 21.1 Å². The number of thiophene rings is 2. The van der Waals surface area contributed by atoms with E-state index in [-0.39, 0.29) is 21.1 Å². The van der Waals surface area contributed by atoms with Crippen LogP contribution in [0.2, 0.25) is 0 Å².